The molecule has 0 aromatic carbocycles. The zero-order valence-corrected chi connectivity index (χ0v) is 9.78. The van der Waals surface area contributed by atoms with Crippen LogP contribution >= 0.6 is 0 Å². The molecule has 2 rings (SSSR count). The van der Waals surface area contributed by atoms with Crippen LogP contribution in [0.1, 0.15) is 11.5 Å². The van der Waals surface area contributed by atoms with Gasteiger partial charge in [-0.05, 0) is 13.0 Å². The van der Waals surface area contributed by atoms with Gasteiger partial charge in [-0.15, -0.1) is 0 Å². The fourth-order valence-corrected chi connectivity index (χ4v) is 1.30. The molecule has 19 heavy (non-hydrogen) atoms. The summed E-state index contributed by atoms with van der Waals surface area (Å²) in [6, 6.07) is 3.95. The molecular formula is C10H9N5O4. The van der Waals surface area contributed by atoms with Gasteiger partial charge >= 0.3 is 5.88 Å². The van der Waals surface area contributed by atoms with Crippen LogP contribution < -0.4 is 11.0 Å². The quantitative estimate of drug-likeness (QED) is 0.481. The molecule has 0 aliphatic heterocycles. The van der Waals surface area contributed by atoms with Gasteiger partial charge in [-0.25, -0.2) is 10.4 Å². The summed E-state index contributed by atoms with van der Waals surface area (Å²) in [4.78, 5) is 27.3. The summed E-state index contributed by atoms with van der Waals surface area (Å²) in [5.41, 5.74) is 2.72. The molecule has 0 aliphatic rings. The fourth-order valence-electron chi connectivity index (χ4n) is 1.30. The van der Waals surface area contributed by atoms with Crippen molar-refractivity contribution in [2.45, 2.75) is 6.92 Å². The number of furan rings is 1. The standard InChI is InChI=1S/C10H9N5O4/c1-6-4-8(16)13-10(12-6)14-11-5-7-2-3-9(19-7)15(17)18/h2-5H,1H3,(H2,12,13,14,16)/b11-5-. The van der Waals surface area contributed by atoms with Crippen molar-refractivity contribution in [1.29, 1.82) is 0 Å². The van der Waals surface area contributed by atoms with E-state index in [0.717, 1.165) is 0 Å². The van der Waals surface area contributed by atoms with Gasteiger partial charge < -0.3 is 4.42 Å². The van der Waals surface area contributed by atoms with Crippen LogP contribution in [0, 0.1) is 17.0 Å². The Morgan fingerprint density at radius 1 is 1.58 bits per heavy atom. The highest BCUT2D eigenvalue weighted by Gasteiger charge is 2.10. The predicted molar refractivity (Wildman–Crippen MR) is 66.2 cm³/mol. The van der Waals surface area contributed by atoms with E-state index >= 15 is 0 Å². The van der Waals surface area contributed by atoms with E-state index in [2.05, 4.69) is 20.5 Å². The lowest BCUT2D eigenvalue weighted by Gasteiger charge is -1.98. The lowest BCUT2D eigenvalue weighted by molar-refractivity contribution is -0.402. The molecule has 0 unspecified atom stereocenters. The van der Waals surface area contributed by atoms with Gasteiger partial charge in [0.1, 0.15) is 4.92 Å². The first kappa shape index (κ1) is 12.5. The SMILES string of the molecule is Cc1cc(=O)[nH]c(N/N=C\c2ccc([N+](=O)[O-])o2)n1. The van der Waals surface area contributed by atoms with Crippen LogP contribution in [0.25, 0.3) is 0 Å². The van der Waals surface area contributed by atoms with Crippen LogP contribution in [0.5, 0.6) is 0 Å². The van der Waals surface area contributed by atoms with Crippen LogP contribution in [-0.2, 0) is 0 Å². The van der Waals surface area contributed by atoms with Crippen molar-refractivity contribution in [3.63, 3.8) is 0 Å². The zero-order valence-electron chi connectivity index (χ0n) is 9.78. The van der Waals surface area contributed by atoms with Gasteiger partial charge in [0.05, 0.1) is 12.3 Å². The summed E-state index contributed by atoms with van der Waals surface area (Å²) < 4.78 is 4.85. The zero-order chi connectivity index (χ0) is 13.8. The first-order valence-corrected chi connectivity index (χ1v) is 5.16. The average Bonchev–Trinajstić information content (AvgIpc) is 2.76. The van der Waals surface area contributed by atoms with Crippen LogP contribution in [0.15, 0.2) is 32.5 Å². The second-order valence-corrected chi connectivity index (χ2v) is 3.54. The largest absolute Gasteiger partial charge is 0.433 e. The third kappa shape index (κ3) is 3.25. The van der Waals surface area contributed by atoms with E-state index in [0.29, 0.717) is 5.69 Å². The van der Waals surface area contributed by atoms with E-state index in [9.17, 15) is 14.9 Å². The highest BCUT2D eigenvalue weighted by molar-refractivity contribution is 5.76. The number of hydrogen-bond acceptors (Lipinski definition) is 7. The van der Waals surface area contributed by atoms with Crippen molar-refractivity contribution in [2.75, 3.05) is 5.43 Å². The van der Waals surface area contributed by atoms with Crippen molar-refractivity contribution in [1.82, 2.24) is 9.97 Å². The molecular weight excluding hydrogens is 254 g/mol. The molecule has 2 aromatic heterocycles. The van der Waals surface area contributed by atoms with E-state index in [1.807, 2.05) is 0 Å². The van der Waals surface area contributed by atoms with E-state index in [-0.39, 0.29) is 23.2 Å². The monoisotopic (exact) mass is 263 g/mol. The molecule has 0 saturated carbocycles. The second kappa shape index (κ2) is 5.12. The first-order valence-electron chi connectivity index (χ1n) is 5.16. The highest BCUT2D eigenvalue weighted by atomic mass is 16.6. The number of nitrogens with one attached hydrogen (secondary N) is 2. The molecule has 2 N–H and O–H groups in total. The molecule has 0 fully saturated rings. The Morgan fingerprint density at radius 2 is 2.37 bits per heavy atom. The van der Waals surface area contributed by atoms with E-state index < -0.39 is 4.92 Å². The van der Waals surface area contributed by atoms with Crippen molar-refractivity contribution >= 4 is 18.0 Å². The number of hydrazone groups is 1. The average molecular weight is 263 g/mol. The number of hydrogen-bond donors (Lipinski definition) is 2. The number of anilines is 1. The minimum atomic E-state index is -0.648. The lowest BCUT2D eigenvalue weighted by atomic mass is 10.4. The molecule has 0 saturated heterocycles. The Kier molecular flexibility index (Phi) is 3.37. The van der Waals surface area contributed by atoms with Gasteiger partial charge in [-0.3, -0.25) is 19.9 Å². The molecule has 2 heterocycles. The minimum absolute atomic E-state index is 0.169. The van der Waals surface area contributed by atoms with E-state index in [1.54, 1.807) is 6.92 Å². The number of nitrogens with zero attached hydrogens (tertiary/aromatic N) is 3. The van der Waals surface area contributed by atoms with Crippen LogP contribution in [0.4, 0.5) is 11.8 Å². The molecule has 9 nitrogen and oxygen atoms in total. The van der Waals surface area contributed by atoms with Crippen molar-refractivity contribution in [2.24, 2.45) is 5.10 Å². The maximum absolute atomic E-state index is 11.1. The summed E-state index contributed by atoms with van der Waals surface area (Å²) in [6.45, 7) is 1.67. The normalized spacial score (nSPS) is 10.8. The van der Waals surface area contributed by atoms with Gasteiger partial charge in [0, 0.05) is 11.8 Å². The summed E-state index contributed by atoms with van der Waals surface area (Å²) >= 11 is 0. The fraction of sp³-hybridized carbons (Fsp3) is 0.100. The Balaban J connectivity index is 2.06. The predicted octanol–water partition coefficient (Wildman–Crippen LogP) is 1.03. The molecule has 0 bridgehead atoms. The number of nitro groups is 1. The molecule has 0 spiro atoms. The highest BCUT2D eigenvalue weighted by Crippen LogP contribution is 2.13. The summed E-state index contributed by atoms with van der Waals surface area (Å²) in [5.74, 6) is 0.0000401. The topological polar surface area (TPSA) is 126 Å². The number of aryl methyl sites for hydroxylation is 1. The Labute approximate surface area is 106 Å². The van der Waals surface area contributed by atoms with E-state index in [4.69, 9.17) is 4.42 Å². The van der Waals surface area contributed by atoms with Gasteiger partial charge in [-0.1, -0.05) is 0 Å². The number of H-pyrrole nitrogens is 1. The Morgan fingerprint density at radius 3 is 3.00 bits per heavy atom. The summed E-state index contributed by atoms with van der Waals surface area (Å²) in [5, 5.41) is 14.1. The Hall–Kier alpha value is -2.97. The van der Waals surface area contributed by atoms with Crippen molar-refractivity contribution < 1.29 is 9.34 Å². The molecule has 0 amide bonds. The van der Waals surface area contributed by atoms with Crippen LogP contribution in [0.3, 0.4) is 0 Å². The molecule has 0 radical (unpaired) electrons. The second-order valence-electron chi connectivity index (χ2n) is 3.54. The van der Waals surface area contributed by atoms with Crippen molar-refractivity contribution in [3.05, 3.63) is 50.1 Å². The van der Waals surface area contributed by atoms with Gasteiger partial charge in [-0.2, -0.15) is 5.10 Å². The molecule has 9 heteroatoms. The van der Waals surface area contributed by atoms with Crippen LogP contribution in [0.2, 0.25) is 0 Å². The molecule has 0 atom stereocenters. The summed E-state index contributed by atoms with van der Waals surface area (Å²) in [6.07, 6.45) is 1.23. The van der Waals surface area contributed by atoms with Crippen LogP contribution in [-0.4, -0.2) is 21.1 Å². The maximum Gasteiger partial charge on any atom is 0.433 e. The number of rotatable bonds is 4. The lowest BCUT2D eigenvalue weighted by Crippen LogP contribution is -2.10. The maximum atomic E-state index is 11.1. The summed E-state index contributed by atoms with van der Waals surface area (Å²) in [7, 11) is 0. The molecule has 0 aliphatic carbocycles. The molecule has 2 aromatic rings. The van der Waals surface area contributed by atoms with Gasteiger partial charge in [0.25, 0.3) is 5.56 Å². The number of aromatic nitrogens is 2. The van der Waals surface area contributed by atoms with E-state index in [1.165, 1.54) is 24.4 Å². The third-order valence-electron chi connectivity index (χ3n) is 2.02. The minimum Gasteiger partial charge on any atom is -0.400 e. The molecule has 98 valence electrons. The third-order valence-corrected chi connectivity index (χ3v) is 2.02. The van der Waals surface area contributed by atoms with Gasteiger partial charge in [0.15, 0.2) is 5.76 Å². The Bertz CT molecular complexity index is 687. The van der Waals surface area contributed by atoms with Crippen molar-refractivity contribution in [3.8, 4) is 0 Å². The van der Waals surface area contributed by atoms with Gasteiger partial charge in [0.2, 0.25) is 5.95 Å². The smallest absolute Gasteiger partial charge is 0.400 e. The number of aromatic amines is 1. The first-order chi connectivity index (χ1) is 9.04.